The Kier molecular flexibility index (Phi) is 3.50. The first kappa shape index (κ1) is 13.8. The van der Waals surface area contributed by atoms with Crippen molar-refractivity contribution in [2.24, 2.45) is 0 Å². The average molecular weight is 349 g/mol. The number of rotatable bonds is 3. The molecular weight excluding hydrogens is 339 g/mol. The maximum absolute atomic E-state index is 13.2. The molecule has 102 valence electrons. The zero-order valence-electron chi connectivity index (χ0n) is 9.74. The lowest BCUT2D eigenvalue weighted by Crippen LogP contribution is -2.16. The number of halogens is 2. The van der Waals surface area contributed by atoms with Crippen LogP contribution in [0.3, 0.4) is 0 Å². The molecule has 9 heteroatoms. The Hall–Kier alpha value is -1.61. The van der Waals surface area contributed by atoms with Crippen LogP contribution in [0.15, 0.2) is 27.7 Å². The van der Waals surface area contributed by atoms with Gasteiger partial charge in [0.15, 0.2) is 0 Å². The molecule has 1 aromatic carbocycles. The Morgan fingerprint density at radius 2 is 2.16 bits per heavy atom. The van der Waals surface area contributed by atoms with Crippen molar-refractivity contribution in [2.45, 2.75) is 11.8 Å². The second-order valence-corrected chi connectivity index (χ2v) is 6.34. The van der Waals surface area contributed by atoms with Gasteiger partial charge in [-0.2, -0.15) is 5.10 Å². The molecule has 2 aromatic rings. The zero-order valence-corrected chi connectivity index (χ0v) is 12.1. The smallest absolute Gasteiger partial charge is 0.265 e. The molecule has 0 aliphatic rings. The molecule has 0 saturated heterocycles. The minimum absolute atomic E-state index is 0.0170. The molecule has 0 aliphatic heterocycles. The fourth-order valence-electron chi connectivity index (χ4n) is 1.42. The highest BCUT2D eigenvalue weighted by Gasteiger charge is 2.21. The summed E-state index contributed by atoms with van der Waals surface area (Å²) in [6.07, 6.45) is 1.47. The van der Waals surface area contributed by atoms with E-state index < -0.39 is 15.8 Å². The van der Waals surface area contributed by atoms with Crippen LogP contribution in [-0.4, -0.2) is 18.6 Å². The molecule has 0 bridgehead atoms. The number of hydrogen-bond acceptors (Lipinski definition) is 4. The molecule has 0 radical (unpaired) electrons. The van der Waals surface area contributed by atoms with Crippen LogP contribution in [0.25, 0.3) is 0 Å². The predicted octanol–water partition coefficient (Wildman–Crippen LogP) is 2.00. The Labute approximate surface area is 117 Å². The van der Waals surface area contributed by atoms with E-state index in [1.807, 2.05) is 0 Å². The van der Waals surface area contributed by atoms with Crippen molar-refractivity contribution in [1.29, 1.82) is 0 Å². The third-order valence-electron chi connectivity index (χ3n) is 2.41. The lowest BCUT2D eigenvalue weighted by atomic mass is 10.3. The topological polar surface area (TPSA) is 101 Å². The summed E-state index contributed by atoms with van der Waals surface area (Å²) in [7, 11) is -3.92. The summed E-state index contributed by atoms with van der Waals surface area (Å²) in [5, 5.41) is 6.21. The number of H-pyrrole nitrogens is 1. The van der Waals surface area contributed by atoms with E-state index in [1.54, 1.807) is 6.92 Å². The maximum atomic E-state index is 13.2. The normalized spacial score (nSPS) is 11.5. The Balaban J connectivity index is 2.46. The molecule has 0 spiro atoms. The fourth-order valence-corrected chi connectivity index (χ4v) is 3.14. The van der Waals surface area contributed by atoms with Crippen LogP contribution in [0.1, 0.15) is 5.56 Å². The number of anilines is 2. The maximum Gasteiger partial charge on any atom is 0.265 e. The number of nitrogens with zero attached hydrogens (tertiary/aromatic N) is 1. The van der Waals surface area contributed by atoms with Gasteiger partial charge in [0.05, 0.1) is 16.4 Å². The zero-order chi connectivity index (χ0) is 14.2. The summed E-state index contributed by atoms with van der Waals surface area (Å²) in [5.41, 5.74) is 5.99. The number of hydrogen-bond donors (Lipinski definition) is 3. The molecule has 1 heterocycles. The third-order valence-corrected chi connectivity index (χ3v) is 4.42. The second-order valence-electron chi connectivity index (χ2n) is 3.84. The lowest BCUT2D eigenvalue weighted by Gasteiger charge is -2.10. The van der Waals surface area contributed by atoms with Crippen molar-refractivity contribution in [1.82, 2.24) is 10.2 Å². The molecular formula is C10H10BrFN4O2S. The number of benzene rings is 1. The lowest BCUT2D eigenvalue weighted by molar-refractivity contribution is 0.599. The van der Waals surface area contributed by atoms with Gasteiger partial charge in [0.25, 0.3) is 10.0 Å². The number of sulfonamides is 1. The molecule has 4 N–H and O–H groups in total. The van der Waals surface area contributed by atoms with Gasteiger partial charge in [-0.05, 0) is 35.0 Å². The summed E-state index contributed by atoms with van der Waals surface area (Å²) in [5.74, 6) is -0.394. The van der Waals surface area contributed by atoms with E-state index in [-0.39, 0.29) is 20.9 Å². The van der Waals surface area contributed by atoms with E-state index in [0.717, 1.165) is 12.1 Å². The summed E-state index contributed by atoms with van der Waals surface area (Å²) >= 11 is 2.92. The molecule has 1 aromatic heterocycles. The number of aryl methyl sites for hydroxylation is 1. The summed E-state index contributed by atoms with van der Waals surface area (Å²) in [4.78, 5) is -0.213. The Morgan fingerprint density at radius 1 is 1.47 bits per heavy atom. The first-order chi connectivity index (χ1) is 8.81. The highest BCUT2D eigenvalue weighted by molar-refractivity contribution is 9.10. The van der Waals surface area contributed by atoms with Crippen LogP contribution in [0, 0.1) is 12.7 Å². The van der Waals surface area contributed by atoms with Gasteiger partial charge < -0.3 is 5.73 Å². The first-order valence-electron chi connectivity index (χ1n) is 5.08. The molecule has 19 heavy (non-hydrogen) atoms. The second kappa shape index (κ2) is 4.82. The van der Waals surface area contributed by atoms with Gasteiger partial charge in [-0.15, -0.1) is 0 Å². The van der Waals surface area contributed by atoms with Gasteiger partial charge in [0.1, 0.15) is 16.5 Å². The standard InChI is InChI=1S/C10H10BrFN4O2S/c1-5-4-14-15-10(5)16-19(17,18)9-2-6(11)7(12)3-8(9)13/h2-4H,13H2,1H3,(H2,14,15,16). The summed E-state index contributed by atoms with van der Waals surface area (Å²) < 4.78 is 39.9. The van der Waals surface area contributed by atoms with Gasteiger partial charge in [-0.25, -0.2) is 12.8 Å². The average Bonchev–Trinajstić information content (AvgIpc) is 2.69. The molecule has 0 aliphatic carbocycles. The largest absolute Gasteiger partial charge is 0.398 e. The van der Waals surface area contributed by atoms with E-state index in [2.05, 4.69) is 30.8 Å². The summed E-state index contributed by atoms with van der Waals surface area (Å²) in [6, 6.07) is 2.05. The van der Waals surface area contributed by atoms with Crippen LogP contribution < -0.4 is 10.5 Å². The van der Waals surface area contributed by atoms with Crippen LogP contribution in [0.5, 0.6) is 0 Å². The van der Waals surface area contributed by atoms with E-state index in [4.69, 9.17) is 5.73 Å². The van der Waals surface area contributed by atoms with Crippen molar-refractivity contribution in [3.63, 3.8) is 0 Å². The van der Waals surface area contributed by atoms with Crippen molar-refractivity contribution in [3.05, 3.63) is 34.2 Å². The molecule has 0 saturated carbocycles. The van der Waals surface area contributed by atoms with E-state index >= 15 is 0 Å². The predicted molar refractivity (Wildman–Crippen MR) is 72.6 cm³/mol. The number of nitrogens with one attached hydrogen (secondary N) is 2. The first-order valence-corrected chi connectivity index (χ1v) is 7.36. The van der Waals surface area contributed by atoms with Crippen LogP contribution in [0.2, 0.25) is 0 Å². The van der Waals surface area contributed by atoms with E-state index in [9.17, 15) is 12.8 Å². The van der Waals surface area contributed by atoms with E-state index in [0.29, 0.717) is 5.56 Å². The minimum atomic E-state index is -3.92. The Morgan fingerprint density at radius 3 is 2.74 bits per heavy atom. The minimum Gasteiger partial charge on any atom is -0.398 e. The Bertz CT molecular complexity index is 729. The third kappa shape index (κ3) is 2.71. The van der Waals surface area contributed by atoms with Crippen LogP contribution in [-0.2, 0) is 10.0 Å². The monoisotopic (exact) mass is 348 g/mol. The molecule has 0 atom stereocenters. The van der Waals surface area contributed by atoms with Crippen molar-refractivity contribution in [2.75, 3.05) is 10.5 Å². The van der Waals surface area contributed by atoms with Gasteiger partial charge in [-0.1, -0.05) is 0 Å². The quantitative estimate of drug-likeness (QED) is 0.738. The SMILES string of the molecule is Cc1cn[nH]c1NS(=O)(=O)c1cc(Br)c(F)cc1N. The van der Waals surface area contributed by atoms with Gasteiger partial charge >= 0.3 is 0 Å². The van der Waals surface area contributed by atoms with Crippen LogP contribution in [0.4, 0.5) is 15.9 Å². The molecule has 2 rings (SSSR count). The van der Waals surface area contributed by atoms with Crippen molar-refractivity contribution in [3.8, 4) is 0 Å². The fraction of sp³-hybridized carbons (Fsp3) is 0.100. The van der Waals surface area contributed by atoms with Crippen LogP contribution >= 0.6 is 15.9 Å². The van der Waals surface area contributed by atoms with E-state index in [1.165, 1.54) is 6.20 Å². The number of aromatic amines is 1. The molecule has 0 unspecified atom stereocenters. The molecule has 0 amide bonds. The van der Waals surface area contributed by atoms with Gasteiger partial charge in [0.2, 0.25) is 0 Å². The van der Waals surface area contributed by atoms with Crippen molar-refractivity contribution >= 4 is 37.5 Å². The summed E-state index contributed by atoms with van der Waals surface area (Å²) in [6.45, 7) is 1.69. The molecule has 0 fully saturated rings. The molecule has 6 nitrogen and oxygen atoms in total. The highest BCUT2D eigenvalue weighted by Crippen LogP contribution is 2.27. The highest BCUT2D eigenvalue weighted by atomic mass is 79.9. The number of nitrogen functional groups attached to an aromatic ring is 1. The van der Waals surface area contributed by atoms with Crippen molar-refractivity contribution < 1.29 is 12.8 Å². The number of aromatic nitrogens is 2. The van der Waals surface area contributed by atoms with Gasteiger partial charge in [-0.3, -0.25) is 9.82 Å². The number of nitrogens with two attached hydrogens (primary N) is 1. The van der Waals surface area contributed by atoms with Gasteiger partial charge in [0, 0.05) is 5.56 Å².